The molecule has 0 aliphatic rings. The van der Waals surface area contributed by atoms with E-state index in [9.17, 15) is 15.3 Å². The molecule has 25 heavy (non-hydrogen) atoms. The van der Waals surface area contributed by atoms with Crippen LogP contribution in [0.2, 0.25) is 0 Å². The van der Waals surface area contributed by atoms with E-state index in [1.807, 2.05) is 54.6 Å². The molecule has 0 atom stereocenters. The van der Waals surface area contributed by atoms with Crippen molar-refractivity contribution in [2.45, 2.75) is 9.79 Å². The Kier molecular flexibility index (Phi) is 4.56. The fraction of sp³-hybridized carbons (Fsp3) is 0. The van der Waals surface area contributed by atoms with Crippen LogP contribution in [0.4, 0.5) is 5.82 Å². The molecular weight excluding hydrogens is 332 g/mol. The lowest BCUT2D eigenvalue weighted by Crippen LogP contribution is -2.16. The van der Waals surface area contributed by atoms with Crippen LogP contribution in [0.1, 0.15) is 11.1 Å². The zero-order valence-electron chi connectivity index (χ0n) is 13.0. The molecule has 0 saturated heterocycles. The maximum atomic E-state index is 12.1. The van der Waals surface area contributed by atoms with E-state index in [1.165, 1.54) is 11.8 Å². The van der Waals surface area contributed by atoms with E-state index in [0.717, 1.165) is 9.79 Å². The van der Waals surface area contributed by atoms with Gasteiger partial charge < -0.3 is 10.7 Å². The molecule has 0 fully saturated rings. The summed E-state index contributed by atoms with van der Waals surface area (Å²) in [5.41, 5.74) is 6.07. The number of aromatic nitrogens is 1. The number of benzene rings is 2. The molecule has 6 heteroatoms. The van der Waals surface area contributed by atoms with Gasteiger partial charge in [0.25, 0.3) is 5.56 Å². The molecule has 5 nitrogen and oxygen atoms in total. The molecule has 0 radical (unpaired) electrons. The monoisotopic (exact) mass is 344 g/mol. The van der Waals surface area contributed by atoms with Crippen LogP contribution >= 0.6 is 11.8 Å². The number of nitriles is 2. The molecule has 2 aromatic carbocycles. The molecule has 0 aliphatic heterocycles. The van der Waals surface area contributed by atoms with Gasteiger partial charge in [0, 0.05) is 15.4 Å². The predicted molar refractivity (Wildman–Crippen MR) is 96.9 cm³/mol. The lowest BCUT2D eigenvalue weighted by molar-refractivity contribution is 1.20. The Hall–Kier alpha value is -3.48. The number of pyridine rings is 1. The molecule has 3 N–H and O–H groups in total. The Bertz CT molecular complexity index is 1080. The topological polar surface area (TPSA) is 106 Å². The molecule has 0 aliphatic carbocycles. The molecule has 3 rings (SSSR count). The fourth-order valence-corrected chi connectivity index (χ4v) is 3.46. The van der Waals surface area contributed by atoms with Crippen LogP contribution < -0.4 is 11.3 Å². The number of nitrogens with two attached hydrogens (primary N) is 1. The number of nitrogens with one attached hydrogen (secondary N) is 1. The van der Waals surface area contributed by atoms with Gasteiger partial charge in [-0.15, -0.1) is 0 Å². The first kappa shape index (κ1) is 16.4. The van der Waals surface area contributed by atoms with Crippen molar-refractivity contribution in [2.24, 2.45) is 0 Å². The maximum absolute atomic E-state index is 12.1. The van der Waals surface area contributed by atoms with Crippen molar-refractivity contribution in [1.82, 2.24) is 4.98 Å². The van der Waals surface area contributed by atoms with E-state index >= 15 is 0 Å². The highest BCUT2D eigenvalue weighted by Crippen LogP contribution is 2.38. The third-order valence-corrected chi connectivity index (χ3v) is 4.68. The Balaban J connectivity index is 2.27. The van der Waals surface area contributed by atoms with Gasteiger partial charge in [-0.05, 0) is 23.8 Å². The zero-order chi connectivity index (χ0) is 17.8. The standard InChI is InChI=1S/C19H12N4OS/c20-10-14-17(15(11-21)19(24)23-18(14)22)13-8-4-5-9-16(13)25-12-6-2-1-3-7-12/h1-9H,(H3,22,23,24). The predicted octanol–water partition coefficient (Wildman–Crippen LogP) is 3.52. The van der Waals surface area contributed by atoms with Gasteiger partial charge in [-0.1, -0.05) is 48.2 Å². The van der Waals surface area contributed by atoms with Crippen molar-refractivity contribution in [2.75, 3.05) is 5.73 Å². The first-order chi connectivity index (χ1) is 12.2. The van der Waals surface area contributed by atoms with E-state index < -0.39 is 5.56 Å². The van der Waals surface area contributed by atoms with Gasteiger partial charge in [-0.3, -0.25) is 4.79 Å². The van der Waals surface area contributed by atoms with Crippen LogP contribution in [0.15, 0.2) is 69.2 Å². The van der Waals surface area contributed by atoms with Gasteiger partial charge in [0.1, 0.15) is 29.1 Å². The molecule has 0 amide bonds. The minimum absolute atomic E-state index is 0.0407. The van der Waals surface area contributed by atoms with Gasteiger partial charge >= 0.3 is 0 Å². The fourth-order valence-electron chi connectivity index (χ4n) is 2.49. The van der Waals surface area contributed by atoms with Crippen molar-refractivity contribution in [3.05, 3.63) is 76.1 Å². The molecule has 1 aromatic heterocycles. The van der Waals surface area contributed by atoms with E-state index in [1.54, 1.807) is 12.1 Å². The van der Waals surface area contributed by atoms with Gasteiger partial charge in [-0.25, -0.2) is 0 Å². The van der Waals surface area contributed by atoms with Crippen molar-refractivity contribution < 1.29 is 0 Å². The Morgan fingerprint density at radius 1 is 0.920 bits per heavy atom. The molecule has 0 spiro atoms. The molecule has 3 aromatic rings. The van der Waals surface area contributed by atoms with Crippen molar-refractivity contribution in [3.63, 3.8) is 0 Å². The second-order valence-corrected chi connectivity index (χ2v) is 6.24. The minimum atomic E-state index is -0.603. The number of aromatic amines is 1. The molecule has 120 valence electrons. The van der Waals surface area contributed by atoms with E-state index in [2.05, 4.69) is 4.98 Å². The largest absolute Gasteiger partial charge is 0.384 e. The highest BCUT2D eigenvalue weighted by atomic mass is 32.2. The SMILES string of the molecule is N#Cc1c(N)[nH]c(=O)c(C#N)c1-c1ccccc1Sc1ccccc1. The number of anilines is 1. The third-order valence-electron chi connectivity index (χ3n) is 3.60. The Morgan fingerprint density at radius 3 is 2.24 bits per heavy atom. The van der Waals surface area contributed by atoms with Crippen LogP contribution in [-0.2, 0) is 0 Å². The number of hydrogen-bond donors (Lipinski definition) is 2. The summed E-state index contributed by atoms with van der Waals surface area (Å²) in [6.45, 7) is 0. The van der Waals surface area contributed by atoms with Gasteiger partial charge in [0.2, 0.25) is 0 Å². The Morgan fingerprint density at radius 2 is 1.56 bits per heavy atom. The van der Waals surface area contributed by atoms with E-state index in [0.29, 0.717) is 5.56 Å². The van der Waals surface area contributed by atoms with Crippen LogP contribution in [0.3, 0.4) is 0 Å². The first-order valence-electron chi connectivity index (χ1n) is 7.34. The van der Waals surface area contributed by atoms with Crippen LogP contribution in [-0.4, -0.2) is 4.98 Å². The lowest BCUT2D eigenvalue weighted by atomic mass is 9.96. The highest BCUT2D eigenvalue weighted by molar-refractivity contribution is 7.99. The highest BCUT2D eigenvalue weighted by Gasteiger charge is 2.20. The Labute approximate surface area is 148 Å². The number of nitrogens with zero attached hydrogens (tertiary/aromatic N) is 2. The molecule has 1 heterocycles. The summed E-state index contributed by atoms with van der Waals surface area (Å²) in [6.07, 6.45) is 0. The van der Waals surface area contributed by atoms with E-state index in [-0.39, 0.29) is 22.5 Å². The summed E-state index contributed by atoms with van der Waals surface area (Å²) in [6, 6.07) is 20.9. The third kappa shape index (κ3) is 3.12. The van der Waals surface area contributed by atoms with Crippen LogP contribution in [0.25, 0.3) is 11.1 Å². The maximum Gasteiger partial charge on any atom is 0.268 e. The number of hydrogen-bond acceptors (Lipinski definition) is 5. The molecule has 0 saturated carbocycles. The minimum Gasteiger partial charge on any atom is -0.384 e. The quantitative estimate of drug-likeness (QED) is 0.756. The summed E-state index contributed by atoms with van der Waals surface area (Å²) in [5, 5.41) is 18.9. The summed E-state index contributed by atoms with van der Waals surface area (Å²) in [7, 11) is 0. The average Bonchev–Trinajstić information content (AvgIpc) is 2.62. The number of nitrogen functional groups attached to an aromatic ring is 1. The first-order valence-corrected chi connectivity index (χ1v) is 8.15. The van der Waals surface area contributed by atoms with Gasteiger partial charge in [-0.2, -0.15) is 10.5 Å². The number of rotatable bonds is 3. The summed E-state index contributed by atoms with van der Waals surface area (Å²) >= 11 is 1.49. The average molecular weight is 344 g/mol. The van der Waals surface area contributed by atoms with Gasteiger partial charge in [0.15, 0.2) is 0 Å². The van der Waals surface area contributed by atoms with Crippen molar-refractivity contribution >= 4 is 17.6 Å². The van der Waals surface area contributed by atoms with E-state index in [4.69, 9.17) is 5.73 Å². The summed E-state index contributed by atoms with van der Waals surface area (Å²) in [4.78, 5) is 16.3. The zero-order valence-corrected chi connectivity index (χ0v) is 13.8. The van der Waals surface area contributed by atoms with Crippen molar-refractivity contribution in [1.29, 1.82) is 10.5 Å². The molecular formula is C19H12N4OS. The summed E-state index contributed by atoms with van der Waals surface area (Å²) in [5.74, 6) is -0.0407. The molecule has 0 bridgehead atoms. The second-order valence-electron chi connectivity index (χ2n) is 5.13. The van der Waals surface area contributed by atoms with Crippen LogP contribution in [0.5, 0.6) is 0 Å². The smallest absolute Gasteiger partial charge is 0.268 e. The van der Waals surface area contributed by atoms with Gasteiger partial charge in [0.05, 0.1) is 0 Å². The number of H-pyrrole nitrogens is 1. The second kappa shape index (κ2) is 6.96. The lowest BCUT2D eigenvalue weighted by Gasteiger charge is -2.13. The van der Waals surface area contributed by atoms with Crippen LogP contribution in [0, 0.1) is 22.7 Å². The molecule has 0 unspecified atom stereocenters. The normalized spacial score (nSPS) is 10.0. The summed E-state index contributed by atoms with van der Waals surface area (Å²) < 4.78 is 0. The van der Waals surface area contributed by atoms with Crippen molar-refractivity contribution in [3.8, 4) is 23.3 Å².